The fraction of sp³-hybridized carbons (Fsp3) is 0.323. The Hall–Kier alpha value is -4.24. The Kier molecular flexibility index (Phi) is 6.54. The third kappa shape index (κ3) is 4.21. The molecule has 6 rings (SSSR count). The Bertz CT molecular complexity index is 1520. The highest BCUT2D eigenvalue weighted by molar-refractivity contribution is 6.12. The van der Waals surface area contributed by atoms with Crippen molar-refractivity contribution in [2.24, 2.45) is 0 Å². The van der Waals surface area contributed by atoms with Crippen LogP contribution >= 0.6 is 0 Å². The van der Waals surface area contributed by atoms with Crippen LogP contribution in [0, 0.1) is 5.82 Å². The van der Waals surface area contributed by atoms with Gasteiger partial charge in [0.05, 0.1) is 19.3 Å². The number of aliphatic hydroxyl groups excluding tert-OH is 1. The van der Waals surface area contributed by atoms with Gasteiger partial charge in [-0.2, -0.15) is 0 Å². The van der Waals surface area contributed by atoms with Gasteiger partial charge in [-0.1, -0.05) is 11.6 Å². The van der Waals surface area contributed by atoms with E-state index in [9.17, 15) is 14.3 Å². The zero-order valence-corrected chi connectivity index (χ0v) is 22.3. The van der Waals surface area contributed by atoms with Gasteiger partial charge in [-0.15, -0.1) is 6.58 Å². The second-order valence-electron chi connectivity index (χ2n) is 10.2. The molecule has 9 heteroatoms. The van der Waals surface area contributed by atoms with Gasteiger partial charge in [-0.25, -0.2) is 4.39 Å². The molecule has 2 atom stereocenters. The van der Waals surface area contributed by atoms with Crippen molar-refractivity contribution in [3.8, 4) is 28.7 Å². The van der Waals surface area contributed by atoms with Crippen LogP contribution in [0.4, 0.5) is 10.1 Å². The number of halogens is 1. The summed E-state index contributed by atoms with van der Waals surface area (Å²) >= 11 is 0. The maximum absolute atomic E-state index is 14.4. The van der Waals surface area contributed by atoms with Gasteiger partial charge in [-0.05, 0) is 50.6 Å². The maximum Gasteiger partial charge on any atom is 0.244 e. The summed E-state index contributed by atoms with van der Waals surface area (Å²) in [5.74, 6) is 1.44. The third-order valence-electron chi connectivity index (χ3n) is 7.36. The predicted octanol–water partition coefficient (Wildman–Crippen LogP) is 4.88. The van der Waals surface area contributed by atoms with Gasteiger partial charge in [0.2, 0.25) is 12.7 Å². The van der Waals surface area contributed by atoms with Crippen molar-refractivity contribution in [2.45, 2.75) is 38.2 Å². The summed E-state index contributed by atoms with van der Waals surface area (Å²) in [6.45, 7) is 8.39. The first-order valence-electron chi connectivity index (χ1n) is 13.2. The highest BCUT2D eigenvalue weighted by atomic mass is 19.1. The molecule has 0 saturated carbocycles. The number of ether oxygens (including phenoxy) is 5. The summed E-state index contributed by atoms with van der Waals surface area (Å²) < 4.78 is 44.0. The molecule has 0 fully saturated rings. The Labute approximate surface area is 231 Å². The predicted molar refractivity (Wildman–Crippen MR) is 145 cm³/mol. The van der Waals surface area contributed by atoms with Crippen LogP contribution in [0.3, 0.4) is 0 Å². The van der Waals surface area contributed by atoms with Crippen LogP contribution in [0.2, 0.25) is 0 Å². The summed E-state index contributed by atoms with van der Waals surface area (Å²) in [4.78, 5) is 14.3. The van der Waals surface area contributed by atoms with E-state index in [4.69, 9.17) is 23.7 Å². The number of amides is 1. The number of hydrogen-bond acceptors (Lipinski definition) is 7. The maximum atomic E-state index is 14.4. The molecule has 2 N–H and O–H groups in total. The van der Waals surface area contributed by atoms with Gasteiger partial charge in [0, 0.05) is 40.4 Å². The van der Waals surface area contributed by atoms with Crippen LogP contribution in [0.5, 0.6) is 28.7 Å². The molecule has 0 saturated heterocycles. The van der Waals surface area contributed by atoms with E-state index in [1.807, 2.05) is 26.0 Å². The smallest absolute Gasteiger partial charge is 0.244 e. The number of anilines is 1. The minimum absolute atomic E-state index is 0.00832. The van der Waals surface area contributed by atoms with Gasteiger partial charge < -0.3 is 34.1 Å². The largest absolute Gasteiger partial charge is 0.494 e. The molecule has 0 aromatic heterocycles. The molecule has 3 aliphatic rings. The molecular weight excluding hydrogens is 517 g/mol. The Balaban J connectivity index is 1.62. The monoisotopic (exact) mass is 547 g/mol. The van der Waals surface area contributed by atoms with E-state index >= 15 is 0 Å². The molecule has 40 heavy (non-hydrogen) atoms. The number of carbonyl (C=O) groups is 1. The number of aliphatic hydroxyl groups is 1. The highest BCUT2D eigenvalue weighted by Crippen LogP contribution is 2.56. The average Bonchev–Trinajstić information content (AvgIpc) is 3.63. The lowest BCUT2D eigenvalue weighted by Crippen LogP contribution is -2.38. The number of nitrogens with one attached hydrogen (secondary N) is 1. The Morgan fingerprint density at radius 2 is 1.77 bits per heavy atom. The summed E-state index contributed by atoms with van der Waals surface area (Å²) in [5.41, 5.74) is 2.05. The second kappa shape index (κ2) is 10.1. The fourth-order valence-electron chi connectivity index (χ4n) is 5.72. The number of hydrogen-bond donors (Lipinski definition) is 2. The first kappa shape index (κ1) is 26.0. The normalized spacial score (nSPS) is 18.9. The molecule has 8 nitrogen and oxygen atoms in total. The average molecular weight is 548 g/mol. The van der Waals surface area contributed by atoms with Crippen molar-refractivity contribution in [3.63, 3.8) is 0 Å². The van der Waals surface area contributed by atoms with Crippen molar-refractivity contribution in [1.82, 2.24) is 0 Å². The molecule has 1 amide bonds. The minimum Gasteiger partial charge on any atom is -0.494 e. The molecular formula is C31H30FNO7. The number of benzene rings is 3. The van der Waals surface area contributed by atoms with E-state index in [0.29, 0.717) is 70.8 Å². The lowest BCUT2D eigenvalue weighted by Gasteiger charge is -2.32. The van der Waals surface area contributed by atoms with Crippen LogP contribution in [-0.4, -0.2) is 43.7 Å². The fourth-order valence-corrected chi connectivity index (χ4v) is 5.72. The molecule has 3 aromatic carbocycles. The molecule has 3 heterocycles. The van der Waals surface area contributed by atoms with E-state index in [1.54, 1.807) is 18.2 Å². The number of rotatable bonds is 9. The van der Waals surface area contributed by atoms with Crippen molar-refractivity contribution in [3.05, 3.63) is 82.7 Å². The van der Waals surface area contributed by atoms with Crippen molar-refractivity contribution in [2.75, 3.05) is 31.9 Å². The van der Waals surface area contributed by atoms with Gasteiger partial charge >= 0.3 is 0 Å². The van der Waals surface area contributed by atoms with E-state index in [-0.39, 0.29) is 13.4 Å². The van der Waals surface area contributed by atoms with Crippen LogP contribution in [0.15, 0.2) is 54.6 Å². The molecule has 3 aliphatic heterocycles. The lowest BCUT2D eigenvalue weighted by atomic mass is 9.69. The summed E-state index contributed by atoms with van der Waals surface area (Å²) in [7, 11) is 0. The molecule has 3 aromatic rings. The van der Waals surface area contributed by atoms with E-state index in [1.165, 1.54) is 12.1 Å². The first-order valence-corrected chi connectivity index (χ1v) is 13.2. The van der Waals surface area contributed by atoms with Crippen molar-refractivity contribution in [1.29, 1.82) is 0 Å². The van der Waals surface area contributed by atoms with Crippen molar-refractivity contribution >= 4 is 11.6 Å². The Morgan fingerprint density at radius 3 is 2.52 bits per heavy atom. The first-order chi connectivity index (χ1) is 19.3. The van der Waals surface area contributed by atoms with Crippen molar-refractivity contribution < 1.29 is 38.0 Å². The molecule has 208 valence electrons. The third-order valence-corrected chi connectivity index (χ3v) is 7.36. The molecule has 0 radical (unpaired) electrons. The SMILES string of the molecule is C=C(C)C[C@@H](O)COc1cc2c(cc1C1(c3cc4c(cc3OCC)CCO4)C(=O)Nc3cc(F)ccc31)OCO2. The van der Waals surface area contributed by atoms with E-state index < -0.39 is 23.2 Å². The van der Waals surface area contributed by atoms with Gasteiger partial charge in [0.15, 0.2) is 11.5 Å². The number of fused-ring (bicyclic) bond motifs is 3. The topological polar surface area (TPSA) is 95.5 Å². The van der Waals surface area contributed by atoms with Crippen LogP contribution < -0.4 is 29.0 Å². The summed E-state index contributed by atoms with van der Waals surface area (Å²) in [6.07, 6.45) is 0.248. The lowest BCUT2D eigenvalue weighted by molar-refractivity contribution is -0.118. The second-order valence-corrected chi connectivity index (χ2v) is 10.2. The summed E-state index contributed by atoms with van der Waals surface area (Å²) in [6, 6.07) is 11.3. The Morgan fingerprint density at radius 1 is 1.05 bits per heavy atom. The number of carbonyl (C=O) groups excluding carboxylic acids is 1. The highest BCUT2D eigenvalue weighted by Gasteiger charge is 2.54. The standard InChI is InChI=1S/C31H30FNO7/c1-4-36-26-10-18-7-8-37-25(18)12-22(26)31(21-6-5-19(32)11-24(21)33-30(31)35)23-13-28-29(40-16-39-28)14-27(23)38-15-20(34)9-17(2)3/h5-6,10-14,20,34H,2,4,7-9,15-16H2,1,3H3,(H,33,35)/t20-,31?/m1/s1. The summed E-state index contributed by atoms with van der Waals surface area (Å²) in [5, 5.41) is 13.5. The molecule has 0 aliphatic carbocycles. The molecule has 0 spiro atoms. The van der Waals surface area contributed by atoms with Crippen LogP contribution in [-0.2, 0) is 16.6 Å². The van der Waals surface area contributed by atoms with E-state index in [0.717, 1.165) is 17.6 Å². The van der Waals surface area contributed by atoms with Gasteiger partial charge in [0.25, 0.3) is 0 Å². The van der Waals surface area contributed by atoms with E-state index in [2.05, 4.69) is 11.9 Å². The van der Waals surface area contributed by atoms with Crippen LogP contribution in [0.25, 0.3) is 0 Å². The van der Waals surface area contributed by atoms with Gasteiger partial charge in [-0.3, -0.25) is 4.79 Å². The van der Waals surface area contributed by atoms with Crippen LogP contribution in [0.1, 0.15) is 42.5 Å². The quantitative estimate of drug-likeness (QED) is 0.369. The zero-order chi connectivity index (χ0) is 28.0. The molecule has 1 unspecified atom stereocenters. The zero-order valence-electron chi connectivity index (χ0n) is 22.3. The van der Waals surface area contributed by atoms with Gasteiger partial charge in [0.1, 0.15) is 35.1 Å². The minimum atomic E-state index is -1.54. The molecule has 0 bridgehead atoms.